The molecule has 0 aliphatic rings. The predicted molar refractivity (Wildman–Crippen MR) is 131 cm³/mol. The van der Waals surface area contributed by atoms with Gasteiger partial charge in [-0.25, -0.2) is 8.42 Å². The third-order valence-electron chi connectivity index (χ3n) is 5.32. The van der Waals surface area contributed by atoms with Gasteiger partial charge in [-0.3, -0.25) is 9.52 Å². The summed E-state index contributed by atoms with van der Waals surface area (Å²) in [6.45, 7) is 6.00. The average Bonchev–Trinajstić information content (AvgIpc) is 2.80. The normalized spacial score (nSPS) is 12.3. The summed E-state index contributed by atoms with van der Waals surface area (Å²) in [4.78, 5) is 13.2. The van der Waals surface area contributed by atoms with Gasteiger partial charge in [0.15, 0.2) is 0 Å². The number of carbonyl (C=O) groups is 1. The number of methoxy groups -OCH3 is 1. The van der Waals surface area contributed by atoms with Gasteiger partial charge in [0.05, 0.1) is 23.7 Å². The molecule has 3 aromatic carbocycles. The lowest BCUT2D eigenvalue weighted by Gasteiger charge is -2.22. The molecule has 0 aromatic heterocycles. The molecule has 3 aromatic rings. The molecular formula is C26H30N2O4S. The van der Waals surface area contributed by atoms with Crippen molar-refractivity contribution in [1.29, 1.82) is 0 Å². The summed E-state index contributed by atoms with van der Waals surface area (Å²) in [7, 11) is -2.08. The van der Waals surface area contributed by atoms with Crippen LogP contribution >= 0.6 is 0 Å². The number of anilines is 1. The van der Waals surface area contributed by atoms with Crippen LogP contribution in [0.3, 0.4) is 0 Å². The van der Waals surface area contributed by atoms with E-state index in [0.29, 0.717) is 22.7 Å². The number of benzene rings is 3. The Morgan fingerprint density at radius 2 is 1.64 bits per heavy atom. The average molecular weight is 467 g/mol. The zero-order chi connectivity index (χ0) is 24.0. The van der Waals surface area contributed by atoms with Crippen molar-refractivity contribution in [3.05, 3.63) is 89.5 Å². The zero-order valence-corrected chi connectivity index (χ0v) is 20.1. The van der Waals surface area contributed by atoms with Crippen LogP contribution in [0.5, 0.6) is 5.75 Å². The summed E-state index contributed by atoms with van der Waals surface area (Å²) in [6.07, 6.45) is 0.784. The molecule has 0 bridgehead atoms. The number of sulfonamides is 1. The highest BCUT2D eigenvalue weighted by molar-refractivity contribution is 7.92. The molecule has 7 heteroatoms. The molecule has 1 amide bonds. The van der Waals surface area contributed by atoms with Gasteiger partial charge in [0.1, 0.15) is 5.75 Å². The molecule has 0 unspecified atom stereocenters. The third kappa shape index (κ3) is 6.35. The molecule has 174 valence electrons. The van der Waals surface area contributed by atoms with Gasteiger partial charge in [-0.05, 0) is 72.9 Å². The van der Waals surface area contributed by atoms with Crippen molar-refractivity contribution in [1.82, 2.24) is 5.32 Å². The molecule has 0 aliphatic carbocycles. The fraction of sp³-hybridized carbons (Fsp3) is 0.269. The minimum atomic E-state index is -3.70. The lowest BCUT2D eigenvalue weighted by molar-refractivity contribution is 0.0932. The first-order valence-corrected chi connectivity index (χ1v) is 12.3. The van der Waals surface area contributed by atoms with E-state index >= 15 is 0 Å². The first-order chi connectivity index (χ1) is 15.7. The van der Waals surface area contributed by atoms with E-state index in [1.807, 2.05) is 24.3 Å². The number of hydrogen-bond donors (Lipinski definition) is 2. The molecule has 2 N–H and O–H groups in total. The van der Waals surface area contributed by atoms with Gasteiger partial charge in [-0.1, -0.05) is 44.2 Å². The first kappa shape index (κ1) is 24.3. The molecule has 1 atom stereocenters. The second kappa shape index (κ2) is 10.5. The van der Waals surface area contributed by atoms with Gasteiger partial charge in [0.2, 0.25) is 0 Å². The second-order valence-corrected chi connectivity index (χ2v) is 10.1. The van der Waals surface area contributed by atoms with Gasteiger partial charge in [0, 0.05) is 5.56 Å². The number of amides is 1. The molecule has 0 saturated heterocycles. The van der Waals surface area contributed by atoms with E-state index in [0.717, 1.165) is 17.7 Å². The van der Waals surface area contributed by atoms with E-state index in [1.54, 1.807) is 50.4 Å². The minimum Gasteiger partial charge on any atom is -0.497 e. The van der Waals surface area contributed by atoms with Crippen LogP contribution in [0.2, 0.25) is 0 Å². The van der Waals surface area contributed by atoms with E-state index in [2.05, 4.69) is 23.9 Å². The minimum absolute atomic E-state index is 0.153. The molecule has 6 nitrogen and oxygen atoms in total. The fourth-order valence-electron chi connectivity index (χ4n) is 3.55. The molecule has 0 spiro atoms. The number of ether oxygens (including phenoxy) is 1. The maximum absolute atomic E-state index is 13.0. The van der Waals surface area contributed by atoms with Crippen LogP contribution in [0.4, 0.5) is 5.69 Å². The Labute approximate surface area is 196 Å². The standard InChI is InChI=1S/C26H30N2O4S/c1-18(2)16-25(20-10-13-22(32-4)14-11-20)27-26(29)21-12-15-24(19(3)17-21)28-33(30,31)23-8-6-5-7-9-23/h5-15,17-18,25,28H,16H2,1-4H3,(H,27,29)/t25-/m1/s1. The summed E-state index contributed by atoms with van der Waals surface area (Å²) < 4.78 is 33.1. The quantitative estimate of drug-likeness (QED) is 0.447. The maximum Gasteiger partial charge on any atom is 0.261 e. The van der Waals surface area contributed by atoms with E-state index in [-0.39, 0.29) is 16.8 Å². The molecule has 33 heavy (non-hydrogen) atoms. The van der Waals surface area contributed by atoms with Crippen molar-refractivity contribution in [2.45, 2.75) is 38.1 Å². The maximum atomic E-state index is 13.0. The van der Waals surface area contributed by atoms with Crippen molar-refractivity contribution in [2.75, 3.05) is 11.8 Å². The fourth-order valence-corrected chi connectivity index (χ4v) is 4.70. The summed E-state index contributed by atoms with van der Waals surface area (Å²) in [6, 6.07) is 20.6. The van der Waals surface area contributed by atoms with Crippen LogP contribution in [0.15, 0.2) is 77.7 Å². The zero-order valence-electron chi connectivity index (χ0n) is 19.3. The molecule has 3 rings (SSSR count). The lowest BCUT2D eigenvalue weighted by atomic mass is 9.96. The topological polar surface area (TPSA) is 84.5 Å². The summed E-state index contributed by atoms with van der Waals surface area (Å²) in [5, 5.41) is 3.12. The van der Waals surface area contributed by atoms with Crippen molar-refractivity contribution in [3.63, 3.8) is 0 Å². The Morgan fingerprint density at radius 3 is 2.21 bits per heavy atom. The van der Waals surface area contributed by atoms with E-state index < -0.39 is 10.0 Å². The van der Waals surface area contributed by atoms with Crippen LogP contribution in [-0.2, 0) is 10.0 Å². The first-order valence-electron chi connectivity index (χ1n) is 10.8. The highest BCUT2D eigenvalue weighted by Gasteiger charge is 2.19. The predicted octanol–water partition coefficient (Wildman–Crippen LogP) is 5.32. The third-order valence-corrected chi connectivity index (χ3v) is 6.70. The highest BCUT2D eigenvalue weighted by atomic mass is 32.2. The Hall–Kier alpha value is -3.32. The number of aryl methyl sites for hydroxylation is 1. The highest BCUT2D eigenvalue weighted by Crippen LogP contribution is 2.25. The molecule has 0 saturated carbocycles. The van der Waals surface area contributed by atoms with E-state index in [9.17, 15) is 13.2 Å². The van der Waals surface area contributed by atoms with Gasteiger partial charge in [-0.2, -0.15) is 0 Å². The van der Waals surface area contributed by atoms with Crippen LogP contribution in [-0.4, -0.2) is 21.4 Å². The molecule has 0 heterocycles. The van der Waals surface area contributed by atoms with E-state index in [1.165, 1.54) is 12.1 Å². The number of nitrogens with one attached hydrogen (secondary N) is 2. The molecule has 0 radical (unpaired) electrons. The molecule has 0 fully saturated rings. The summed E-state index contributed by atoms with van der Waals surface area (Å²) in [5.41, 5.74) is 2.57. The Bertz CT molecular complexity index is 1190. The summed E-state index contributed by atoms with van der Waals surface area (Å²) in [5.74, 6) is 0.934. The van der Waals surface area contributed by atoms with E-state index in [4.69, 9.17) is 4.74 Å². The van der Waals surface area contributed by atoms with Crippen LogP contribution < -0.4 is 14.8 Å². The Morgan fingerprint density at radius 1 is 0.970 bits per heavy atom. The van der Waals surface area contributed by atoms with Gasteiger partial charge in [-0.15, -0.1) is 0 Å². The smallest absolute Gasteiger partial charge is 0.261 e. The van der Waals surface area contributed by atoms with Gasteiger partial charge >= 0.3 is 0 Å². The summed E-state index contributed by atoms with van der Waals surface area (Å²) >= 11 is 0. The van der Waals surface area contributed by atoms with Crippen molar-refractivity contribution < 1.29 is 17.9 Å². The van der Waals surface area contributed by atoms with Crippen molar-refractivity contribution in [3.8, 4) is 5.75 Å². The Kier molecular flexibility index (Phi) is 7.76. The lowest BCUT2D eigenvalue weighted by Crippen LogP contribution is -2.29. The van der Waals surface area contributed by atoms with Crippen LogP contribution in [0.25, 0.3) is 0 Å². The van der Waals surface area contributed by atoms with Crippen LogP contribution in [0, 0.1) is 12.8 Å². The van der Waals surface area contributed by atoms with Gasteiger partial charge < -0.3 is 10.1 Å². The number of carbonyl (C=O) groups excluding carboxylic acids is 1. The number of hydrogen-bond acceptors (Lipinski definition) is 4. The van der Waals surface area contributed by atoms with Gasteiger partial charge in [0.25, 0.3) is 15.9 Å². The van der Waals surface area contributed by atoms with Crippen molar-refractivity contribution in [2.24, 2.45) is 5.92 Å². The monoisotopic (exact) mass is 466 g/mol. The van der Waals surface area contributed by atoms with Crippen LogP contribution in [0.1, 0.15) is 47.8 Å². The van der Waals surface area contributed by atoms with Crippen molar-refractivity contribution >= 4 is 21.6 Å². The molecular weight excluding hydrogens is 436 g/mol. The Balaban J connectivity index is 1.77. The largest absolute Gasteiger partial charge is 0.497 e. The number of rotatable bonds is 9. The SMILES string of the molecule is COc1ccc([C@@H](CC(C)C)NC(=O)c2ccc(NS(=O)(=O)c3ccccc3)c(C)c2)cc1. The second-order valence-electron chi connectivity index (χ2n) is 8.38. The molecule has 0 aliphatic heterocycles.